The van der Waals surface area contributed by atoms with Crippen molar-refractivity contribution in [1.29, 1.82) is 0 Å². The fraction of sp³-hybridized carbons (Fsp3) is 0. The lowest BCUT2D eigenvalue weighted by Gasteiger charge is -2.01. The van der Waals surface area contributed by atoms with Crippen molar-refractivity contribution >= 4 is 39.9 Å². The number of fused-ring (bicyclic) bond motifs is 1. The van der Waals surface area contributed by atoms with Gasteiger partial charge in [0.25, 0.3) is 0 Å². The summed E-state index contributed by atoms with van der Waals surface area (Å²) in [6, 6.07) is 12.7. The first-order valence-corrected chi connectivity index (χ1v) is 6.63. The number of aromatic nitrogens is 1. The zero-order valence-electron chi connectivity index (χ0n) is 10.2. The minimum atomic E-state index is -1.05. The second-order valence-corrected chi connectivity index (χ2v) is 5.20. The highest BCUT2D eigenvalue weighted by Gasteiger charge is 2.19. The van der Waals surface area contributed by atoms with Crippen LogP contribution in [-0.4, -0.2) is 16.1 Å². The first-order chi connectivity index (χ1) is 9.58. The Morgan fingerprint density at radius 1 is 1.10 bits per heavy atom. The Balaban J connectivity index is 2.42. The van der Waals surface area contributed by atoms with E-state index in [0.717, 1.165) is 5.56 Å². The van der Waals surface area contributed by atoms with Gasteiger partial charge in [-0.05, 0) is 17.7 Å². The molecule has 3 rings (SSSR count). The molecular weight excluding hydrogens is 297 g/mol. The van der Waals surface area contributed by atoms with Crippen LogP contribution in [0.15, 0.2) is 42.5 Å². The molecule has 1 heterocycles. The van der Waals surface area contributed by atoms with Gasteiger partial charge in [0.2, 0.25) is 0 Å². The third kappa shape index (κ3) is 2.05. The molecule has 0 atom stereocenters. The molecule has 0 aliphatic rings. The highest BCUT2D eigenvalue weighted by atomic mass is 35.5. The molecule has 0 radical (unpaired) electrons. The molecular formula is C15H9Cl2NO2. The zero-order chi connectivity index (χ0) is 14.3. The topological polar surface area (TPSA) is 53.1 Å². The molecule has 0 saturated carbocycles. The van der Waals surface area contributed by atoms with Gasteiger partial charge >= 0.3 is 5.97 Å². The first-order valence-electron chi connectivity index (χ1n) is 5.87. The van der Waals surface area contributed by atoms with Crippen LogP contribution < -0.4 is 0 Å². The van der Waals surface area contributed by atoms with Gasteiger partial charge in [-0.15, -0.1) is 0 Å². The largest absolute Gasteiger partial charge is 0.477 e. The number of aromatic amines is 1. The molecule has 3 nitrogen and oxygen atoms in total. The van der Waals surface area contributed by atoms with Crippen molar-refractivity contribution in [3.63, 3.8) is 0 Å². The molecule has 5 heteroatoms. The lowest BCUT2D eigenvalue weighted by atomic mass is 10.1. The number of benzene rings is 2. The van der Waals surface area contributed by atoms with E-state index in [1.54, 1.807) is 12.1 Å². The fourth-order valence-corrected chi connectivity index (χ4v) is 2.86. The van der Waals surface area contributed by atoms with E-state index in [0.29, 0.717) is 26.5 Å². The van der Waals surface area contributed by atoms with E-state index in [9.17, 15) is 9.90 Å². The SMILES string of the molecule is O=C(O)c1[nH]c(-c2ccccc2)c2cc(Cl)cc(Cl)c12. The molecule has 1 aromatic heterocycles. The molecule has 0 bridgehead atoms. The predicted octanol–water partition coefficient (Wildman–Crippen LogP) is 4.84. The Labute approximate surface area is 124 Å². The molecule has 0 aliphatic carbocycles. The molecule has 0 saturated heterocycles. The van der Waals surface area contributed by atoms with E-state index in [-0.39, 0.29) is 5.69 Å². The van der Waals surface area contributed by atoms with E-state index in [2.05, 4.69) is 4.98 Å². The average Bonchev–Trinajstić information content (AvgIpc) is 2.79. The number of nitrogens with one attached hydrogen (secondary N) is 1. The van der Waals surface area contributed by atoms with Crippen LogP contribution in [0, 0.1) is 0 Å². The Morgan fingerprint density at radius 3 is 2.45 bits per heavy atom. The van der Waals surface area contributed by atoms with Crippen LogP contribution in [-0.2, 0) is 0 Å². The molecule has 0 unspecified atom stereocenters. The number of halogens is 2. The lowest BCUT2D eigenvalue weighted by molar-refractivity contribution is 0.0693. The first kappa shape index (κ1) is 13.0. The number of carboxylic acid groups (broad SMARTS) is 1. The molecule has 2 aromatic carbocycles. The van der Waals surface area contributed by atoms with E-state index in [4.69, 9.17) is 23.2 Å². The van der Waals surface area contributed by atoms with E-state index >= 15 is 0 Å². The quantitative estimate of drug-likeness (QED) is 0.711. The van der Waals surface area contributed by atoms with E-state index in [1.165, 1.54) is 0 Å². The van der Waals surface area contributed by atoms with Gasteiger partial charge in [-0.1, -0.05) is 53.5 Å². The average molecular weight is 306 g/mol. The van der Waals surface area contributed by atoms with Crippen LogP contribution in [0.1, 0.15) is 10.5 Å². The normalized spacial score (nSPS) is 10.9. The summed E-state index contributed by atoms with van der Waals surface area (Å²) in [5.41, 5.74) is 1.64. The zero-order valence-corrected chi connectivity index (χ0v) is 11.7. The van der Waals surface area contributed by atoms with Gasteiger partial charge in [0, 0.05) is 15.8 Å². The van der Waals surface area contributed by atoms with Crippen molar-refractivity contribution in [2.75, 3.05) is 0 Å². The summed E-state index contributed by atoms with van der Waals surface area (Å²) >= 11 is 12.2. The van der Waals surface area contributed by atoms with Crippen molar-refractivity contribution in [3.8, 4) is 11.3 Å². The van der Waals surface area contributed by atoms with Crippen LogP contribution in [0.2, 0.25) is 10.0 Å². The summed E-state index contributed by atoms with van der Waals surface area (Å²) < 4.78 is 0. The lowest BCUT2D eigenvalue weighted by Crippen LogP contribution is -1.97. The van der Waals surface area contributed by atoms with Gasteiger partial charge in [-0.3, -0.25) is 0 Å². The highest BCUT2D eigenvalue weighted by Crippen LogP contribution is 2.37. The van der Waals surface area contributed by atoms with Gasteiger partial charge in [0.05, 0.1) is 10.7 Å². The summed E-state index contributed by atoms with van der Waals surface area (Å²) in [5, 5.41) is 11.3. The minimum absolute atomic E-state index is 0.0699. The highest BCUT2D eigenvalue weighted by molar-refractivity contribution is 6.40. The number of carbonyl (C=O) groups is 1. The van der Waals surface area contributed by atoms with Crippen molar-refractivity contribution in [2.24, 2.45) is 0 Å². The summed E-state index contributed by atoms with van der Waals surface area (Å²) in [7, 11) is 0. The second kappa shape index (κ2) is 4.85. The van der Waals surface area contributed by atoms with Crippen LogP contribution >= 0.6 is 23.2 Å². The predicted molar refractivity (Wildman–Crippen MR) is 80.7 cm³/mol. The maximum atomic E-state index is 11.4. The van der Waals surface area contributed by atoms with Crippen molar-refractivity contribution in [2.45, 2.75) is 0 Å². The van der Waals surface area contributed by atoms with Crippen molar-refractivity contribution in [3.05, 3.63) is 58.2 Å². The van der Waals surface area contributed by atoms with Crippen LogP contribution in [0.4, 0.5) is 0 Å². The van der Waals surface area contributed by atoms with Gasteiger partial charge in [0.1, 0.15) is 5.69 Å². The molecule has 100 valence electrons. The fourth-order valence-electron chi connectivity index (χ4n) is 2.27. The molecule has 20 heavy (non-hydrogen) atoms. The van der Waals surface area contributed by atoms with Crippen molar-refractivity contribution in [1.82, 2.24) is 4.98 Å². The Bertz CT molecular complexity index is 810. The van der Waals surface area contributed by atoms with E-state index in [1.807, 2.05) is 30.3 Å². The van der Waals surface area contributed by atoms with Crippen molar-refractivity contribution < 1.29 is 9.90 Å². The third-order valence-electron chi connectivity index (χ3n) is 3.10. The number of rotatable bonds is 2. The second-order valence-electron chi connectivity index (χ2n) is 4.36. The van der Waals surface area contributed by atoms with Gasteiger partial charge in [-0.25, -0.2) is 4.79 Å². The Hall–Kier alpha value is -1.97. The standard InChI is InChI=1S/C15H9Cl2NO2/c16-9-6-10-12(11(17)7-9)14(15(19)20)18-13(10)8-4-2-1-3-5-8/h1-7,18H,(H,19,20). The summed E-state index contributed by atoms with van der Waals surface area (Å²) in [5.74, 6) is -1.05. The van der Waals surface area contributed by atoms with Crippen LogP contribution in [0.5, 0.6) is 0 Å². The summed E-state index contributed by atoms with van der Waals surface area (Å²) in [4.78, 5) is 14.3. The maximum Gasteiger partial charge on any atom is 0.353 e. The molecule has 2 N–H and O–H groups in total. The van der Waals surface area contributed by atoms with Gasteiger partial charge in [-0.2, -0.15) is 0 Å². The Morgan fingerprint density at radius 2 is 1.80 bits per heavy atom. The smallest absolute Gasteiger partial charge is 0.353 e. The summed E-state index contributed by atoms with van der Waals surface area (Å²) in [6.45, 7) is 0. The molecule has 0 fully saturated rings. The Kier molecular flexibility index (Phi) is 3.16. The summed E-state index contributed by atoms with van der Waals surface area (Å²) in [6.07, 6.45) is 0. The minimum Gasteiger partial charge on any atom is -0.477 e. The number of aromatic carboxylic acids is 1. The van der Waals surface area contributed by atoms with Crippen LogP contribution in [0.25, 0.3) is 22.0 Å². The van der Waals surface area contributed by atoms with E-state index < -0.39 is 5.97 Å². The molecule has 3 aromatic rings. The van der Waals surface area contributed by atoms with Crippen LogP contribution in [0.3, 0.4) is 0 Å². The number of hydrogen-bond donors (Lipinski definition) is 2. The third-order valence-corrected chi connectivity index (χ3v) is 3.62. The number of hydrogen-bond acceptors (Lipinski definition) is 1. The molecule has 0 amide bonds. The number of carboxylic acids is 1. The molecule has 0 aliphatic heterocycles. The number of H-pyrrole nitrogens is 1. The monoisotopic (exact) mass is 305 g/mol. The van der Waals surface area contributed by atoms with Gasteiger partial charge < -0.3 is 10.1 Å². The van der Waals surface area contributed by atoms with Gasteiger partial charge in [0.15, 0.2) is 0 Å². The molecule has 0 spiro atoms. The maximum absolute atomic E-state index is 11.4.